The Kier molecular flexibility index (Phi) is 4.66. The Morgan fingerprint density at radius 3 is 2.67 bits per heavy atom. The first-order valence-electron chi connectivity index (χ1n) is 6.46. The summed E-state index contributed by atoms with van der Waals surface area (Å²) in [5, 5.41) is 0. The third kappa shape index (κ3) is 3.45. The monoisotopic (exact) mass is 284 g/mol. The SMILES string of the molecule is C/C=C(/C(=O)OC)c1ccccc1Oc1cc(C)ncn1. The topological polar surface area (TPSA) is 61.3 Å². The third-order valence-corrected chi connectivity index (χ3v) is 2.86. The van der Waals surface area contributed by atoms with Crippen LogP contribution >= 0.6 is 0 Å². The van der Waals surface area contributed by atoms with Crippen LogP contribution in [-0.2, 0) is 9.53 Å². The molecule has 5 heteroatoms. The average molecular weight is 284 g/mol. The molecule has 0 radical (unpaired) electrons. The number of rotatable bonds is 4. The third-order valence-electron chi connectivity index (χ3n) is 2.86. The molecule has 0 aliphatic carbocycles. The molecule has 108 valence electrons. The van der Waals surface area contributed by atoms with Crippen LogP contribution in [0, 0.1) is 6.92 Å². The number of nitrogens with zero attached hydrogens (tertiary/aromatic N) is 2. The second-order valence-corrected chi connectivity index (χ2v) is 4.29. The van der Waals surface area contributed by atoms with Crippen LogP contribution in [0.2, 0.25) is 0 Å². The Bertz CT molecular complexity index is 681. The summed E-state index contributed by atoms with van der Waals surface area (Å²) in [6.07, 6.45) is 3.13. The summed E-state index contributed by atoms with van der Waals surface area (Å²) < 4.78 is 10.6. The molecule has 0 saturated carbocycles. The van der Waals surface area contributed by atoms with Crippen LogP contribution in [0.1, 0.15) is 18.2 Å². The zero-order chi connectivity index (χ0) is 15.2. The van der Waals surface area contributed by atoms with Crippen LogP contribution in [0.15, 0.2) is 42.7 Å². The summed E-state index contributed by atoms with van der Waals surface area (Å²) in [6, 6.07) is 8.97. The fourth-order valence-electron chi connectivity index (χ4n) is 1.87. The van der Waals surface area contributed by atoms with Gasteiger partial charge in [0.15, 0.2) is 0 Å². The van der Waals surface area contributed by atoms with E-state index in [1.807, 2.05) is 19.1 Å². The number of esters is 1. The molecule has 1 aromatic carbocycles. The van der Waals surface area contributed by atoms with Crippen molar-refractivity contribution in [2.24, 2.45) is 0 Å². The average Bonchev–Trinajstić information content (AvgIpc) is 2.49. The molecule has 0 atom stereocenters. The molecule has 0 unspecified atom stereocenters. The van der Waals surface area contributed by atoms with Gasteiger partial charge in [-0.2, -0.15) is 0 Å². The molecule has 21 heavy (non-hydrogen) atoms. The quantitative estimate of drug-likeness (QED) is 0.637. The molecule has 0 amide bonds. The Balaban J connectivity index is 2.39. The van der Waals surface area contributed by atoms with E-state index in [4.69, 9.17) is 9.47 Å². The minimum Gasteiger partial charge on any atom is -0.465 e. The lowest BCUT2D eigenvalue weighted by Crippen LogP contribution is -2.05. The predicted molar refractivity (Wildman–Crippen MR) is 79.0 cm³/mol. The van der Waals surface area contributed by atoms with E-state index in [1.54, 1.807) is 31.2 Å². The summed E-state index contributed by atoms with van der Waals surface area (Å²) >= 11 is 0. The number of aromatic nitrogens is 2. The van der Waals surface area contributed by atoms with E-state index in [-0.39, 0.29) is 0 Å². The highest BCUT2D eigenvalue weighted by Gasteiger charge is 2.16. The zero-order valence-electron chi connectivity index (χ0n) is 12.2. The molecular weight excluding hydrogens is 268 g/mol. The fourth-order valence-corrected chi connectivity index (χ4v) is 1.87. The van der Waals surface area contributed by atoms with Gasteiger partial charge in [0.25, 0.3) is 0 Å². The maximum atomic E-state index is 11.8. The van der Waals surface area contributed by atoms with Crippen LogP contribution in [0.4, 0.5) is 0 Å². The van der Waals surface area contributed by atoms with Gasteiger partial charge in [0.1, 0.15) is 12.1 Å². The van der Waals surface area contributed by atoms with Crippen LogP contribution < -0.4 is 4.74 Å². The van der Waals surface area contributed by atoms with Gasteiger partial charge in [-0.05, 0) is 19.9 Å². The molecule has 1 aromatic heterocycles. The lowest BCUT2D eigenvalue weighted by atomic mass is 10.0. The molecule has 0 aliphatic rings. The molecule has 0 spiro atoms. The van der Waals surface area contributed by atoms with Crippen molar-refractivity contribution in [3.63, 3.8) is 0 Å². The number of hydrogen-bond acceptors (Lipinski definition) is 5. The lowest BCUT2D eigenvalue weighted by Gasteiger charge is -2.12. The van der Waals surface area contributed by atoms with Gasteiger partial charge in [0.05, 0.1) is 12.7 Å². The highest BCUT2D eigenvalue weighted by Crippen LogP contribution is 2.30. The van der Waals surface area contributed by atoms with Gasteiger partial charge in [-0.25, -0.2) is 14.8 Å². The summed E-state index contributed by atoms with van der Waals surface area (Å²) in [7, 11) is 1.35. The maximum absolute atomic E-state index is 11.8. The Labute approximate surface area is 123 Å². The second-order valence-electron chi connectivity index (χ2n) is 4.29. The second kappa shape index (κ2) is 6.65. The zero-order valence-corrected chi connectivity index (χ0v) is 12.2. The highest BCUT2D eigenvalue weighted by molar-refractivity contribution is 6.17. The standard InChI is InChI=1S/C16H16N2O3/c1-4-12(16(19)20-3)13-7-5-6-8-14(13)21-15-9-11(2)17-10-18-15/h4-10H,1-3H3/b12-4+. The van der Waals surface area contributed by atoms with E-state index in [9.17, 15) is 4.79 Å². The van der Waals surface area contributed by atoms with Gasteiger partial charge in [0, 0.05) is 17.3 Å². The van der Waals surface area contributed by atoms with Crippen molar-refractivity contribution in [2.45, 2.75) is 13.8 Å². The number of allylic oxidation sites excluding steroid dienone is 1. The lowest BCUT2D eigenvalue weighted by molar-refractivity contribution is -0.133. The summed E-state index contributed by atoms with van der Waals surface area (Å²) in [5.41, 5.74) is 1.90. The number of ether oxygens (including phenoxy) is 2. The molecular formula is C16H16N2O3. The van der Waals surface area contributed by atoms with E-state index in [0.29, 0.717) is 22.8 Å². The number of carbonyl (C=O) groups is 1. The number of para-hydroxylation sites is 1. The van der Waals surface area contributed by atoms with Crippen molar-refractivity contribution < 1.29 is 14.3 Å². The molecule has 0 aliphatic heterocycles. The van der Waals surface area contributed by atoms with E-state index in [2.05, 4.69) is 9.97 Å². The van der Waals surface area contributed by atoms with Crippen molar-refractivity contribution in [1.29, 1.82) is 0 Å². The molecule has 2 aromatic rings. The number of hydrogen-bond donors (Lipinski definition) is 0. The number of methoxy groups -OCH3 is 1. The van der Waals surface area contributed by atoms with Gasteiger partial charge < -0.3 is 9.47 Å². The van der Waals surface area contributed by atoms with Gasteiger partial charge >= 0.3 is 5.97 Å². The van der Waals surface area contributed by atoms with Crippen molar-refractivity contribution in [3.8, 4) is 11.6 Å². The van der Waals surface area contributed by atoms with E-state index in [0.717, 1.165) is 5.69 Å². The van der Waals surface area contributed by atoms with Crippen molar-refractivity contribution in [3.05, 3.63) is 54.0 Å². The molecule has 0 N–H and O–H groups in total. The number of carbonyl (C=O) groups excluding carboxylic acids is 1. The van der Waals surface area contributed by atoms with Gasteiger partial charge in [-0.15, -0.1) is 0 Å². The van der Waals surface area contributed by atoms with Gasteiger partial charge in [-0.3, -0.25) is 0 Å². The van der Waals surface area contributed by atoms with Crippen molar-refractivity contribution in [1.82, 2.24) is 9.97 Å². The Morgan fingerprint density at radius 1 is 1.24 bits per heavy atom. The summed E-state index contributed by atoms with van der Waals surface area (Å²) in [4.78, 5) is 19.9. The molecule has 0 saturated heterocycles. The normalized spacial score (nSPS) is 11.1. The van der Waals surface area contributed by atoms with Gasteiger partial charge in [-0.1, -0.05) is 24.3 Å². The summed E-state index contributed by atoms with van der Waals surface area (Å²) in [6.45, 7) is 3.63. The van der Waals surface area contributed by atoms with Crippen molar-refractivity contribution >= 4 is 11.5 Å². The van der Waals surface area contributed by atoms with Crippen LogP contribution in [-0.4, -0.2) is 23.0 Å². The summed E-state index contributed by atoms with van der Waals surface area (Å²) in [5.74, 6) is 0.553. The first-order valence-corrected chi connectivity index (χ1v) is 6.46. The number of aryl methyl sites for hydroxylation is 1. The van der Waals surface area contributed by atoms with Crippen LogP contribution in [0.3, 0.4) is 0 Å². The maximum Gasteiger partial charge on any atom is 0.338 e. The molecule has 0 bridgehead atoms. The first kappa shape index (κ1) is 14.7. The molecule has 2 rings (SSSR count). The van der Waals surface area contributed by atoms with Gasteiger partial charge in [0.2, 0.25) is 5.88 Å². The Hall–Kier alpha value is -2.69. The minimum absolute atomic E-state index is 0.410. The van der Waals surface area contributed by atoms with E-state index < -0.39 is 5.97 Å². The molecule has 5 nitrogen and oxygen atoms in total. The van der Waals surface area contributed by atoms with Crippen LogP contribution in [0.5, 0.6) is 11.6 Å². The van der Waals surface area contributed by atoms with E-state index in [1.165, 1.54) is 13.4 Å². The van der Waals surface area contributed by atoms with E-state index >= 15 is 0 Å². The first-order chi connectivity index (χ1) is 10.2. The minimum atomic E-state index is -0.410. The number of benzene rings is 1. The largest absolute Gasteiger partial charge is 0.465 e. The molecule has 1 heterocycles. The fraction of sp³-hybridized carbons (Fsp3) is 0.188. The smallest absolute Gasteiger partial charge is 0.338 e. The van der Waals surface area contributed by atoms with Crippen LogP contribution in [0.25, 0.3) is 5.57 Å². The highest BCUT2D eigenvalue weighted by atomic mass is 16.5. The molecule has 0 fully saturated rings. The Morgan fingerprint density at radius 2 is 2.00 bits per heavy atom. The van der Waals surface area contributed by atoms with Crippen molar-refractivity contribution in [2.75, 3.05) is 7.11 Å². The predicted octanol–water partition coefficient (Wildman–Crippen LogP) is 3.15.